The summed E-state index contributed by atoms with van der Waals surface area (Å²) in [4.78, 5) is 2.40. The highest BCUT2D eigenvalue weighted by atomic mass is 35.5. The Morgan fingerprint density at radius 3 is 2.71 bits per heavy atom. The standard InChI is InChI=1S/C13H17N3.ClH/c14-9-11-2-1-3-12(8-11)10-16-6-4-13(15)5-7-16;/h1-3,8,13H,4-7,10,15H2;1H. The van der Waals surface area contributed by atoms with Crippen LogP contribution in [-0.4, -0.2) is 24.0 Å². The Morgan fingerprint density at radius 1 is 1.35 bits per heavy atom. The van der Waals surface area contributed by atoms with Crippen molar-refractivity contribution in [3.63, 3.8) is 0 Å². The molecule has 0 radical (unpaired) electrons. The van der Waals surface area contributed by atoms with Crippen LogP contribution in [0, 0.1) is 11.3 Å². The number of hydrogen-bond acceptors (Lipinski definition) is 3. The van der Waals surface area contributed by atoms with Gasteiger partial charge in [-0.25, -0.2) is 0 Å². The molecule has 1 aromatic carbocycles. The van der Waals surface area contributed by atoms with Crippen LogP contribution in [-0.2, 0) is 6.54 Å². The summed E-state index contributed by atoms with van der Waals surface area (Å²) in [6.07, 6.45) is 2.16. The van der Waals surface area contributed by atoms with E-state index >= 15 is 0 Å². The molecule has 4 heteroatoms. The van der Waals surface area contributed by atoms with Gasteiger partial charge in [0.25, 0.3) is 0 Å². The predicted molar refractivity (Wildman–Crippen MR) is 70.9 cm³/mol. The van der Waals surface area contributed by atoms with Crippen molar-refractivity contribution in [2.45, 2.75) is 25.4 Å². The minimum absolute atomic E-state index is 0. The summed E-state index contributed by atoms with van der Waals surface area (Å²) in [6.45, 7) is 3.07. The van der Waals surface area contributed by atoms with E-state index in [1.807, 2.05) is 18.2 Å². The van der Waals surface area contributed by atoms with Crippen molar-refractivity contribution in [3.8, 4) is 6.07 Å². The summed E-state index contributed by atoms with van der Waals surface area (Å²) in [5.41, 5.74) is 7.83. The lowest BCUT2D eigenvalue weighted by atomic mass is 10.0. The Hall–Kier alpha value is -1.08. The first-order valence-corrected chi connectivity index (χ1v) is 5.75. The maximum atomic E-state index is 8.82. The Labute approximate surface area is 109 Å². The minimum atomic E-state index is 0. The topological polar surface area (TPSA) is 53.0 Å². The fraction of sp³-hybridized carbons (Fsp3) is 0.462. The van der Waals surface area contributed by atoms with Gasteiger partial charge in [0.2, 0.25) is 0 Å². The maximum absolute atomic E-state index is 8.82. The van der Waals surface area contributed by atoms with Crippen LogP contribution in [0.25, 0.3) is 0 Å². The van der Waals surface area contributed by atoms with Crippen LogP contribution >= 0.6 is 12.4 Å². The molecule has 0 spiro atoms. The molecule has 0 saturated carbocycles. The quantitative estimate of drug-likeness (QED) is 0.874. The molecule has 92 valence electrons. The van der Waals surface area contributed by atoms with E-state index in [1.165, 1.54) is 5.56 Å². The molecule has 17 heavy (non-hydrogen) atoms. The van der Waals surface area contributed by atoms with E-state index in [2.05, 4.69) is 17.0 Å². The number of benzene rings is 1. The molecule has 0 aliphatic carbocycles. The Balaban J connectivity index is 0.00000144. The Morgan fingerprint density at radius 2 is 2.06 bits per heavy atom. The van der Waals surface area contributed by atoms with Gasteiger partial charge >= 0.3 is 0 Å². The lowest BCUT2D eigenvalue weighted by molar-refractivity contribution is 0.205. The fourth-order valence-corrected chi connectivity index (χ4v) is 2.11. The van der Waals surface area contributed by atoms with Gasteiger partial charge in [-0.15, -0.1) is 12.4 Å². The van der Waals surface area contributed by atoms with Crippen molar-refractivity contribution in [1.29, 1.82) is 5.26 Å². The van der Waals surface area contributed by atoms with E-state index in [0.29, 0.717) is 6.04 Å². The average molecular weight is 252 g/mol. The van der Waals surface area contributed by atoms with Crippen LogP contribution in [0.1, 0.15) is 24.0 Å². The van der Waals surface area contributed by atoms with E-state index < -0.39 is 0 Å². The van der Waals surface area contributed by atoms with Crippen molar-refractivity contribution in [3.05, 3.63) is 35.4 Å². The first-order valence-electron chi connectivity index (χ1n) is 5.75. The molecule has 0 atom stereocenters. The first-order chi connectivity index (χ1) is 7.78. The number of piperidine rings is 1. The molecule has 0 bridgehead atoms. The summed E-state index contributed by atoms with van der Waals surface area (Å²) in [6, 6.07) is 10.4. The third-order valence-electron chi connectivity index (χ3n) is 3.09. The zero-order valence-electron chi connectivity index (χ0n) is 9.80. The van der Waals surface area contributed by atoms with Crippen LogP contribution in [0.4, 0.5) is 0 Å². The van der Waals surface area contributed by atoms with Crippen LogP contribution < -0.4 is 5.73 Å². The molecule has 0 amide bonds. The fourth-order valence-electron chi connectivity index (χ4n) is 2.11. The summed E-state index contributed by atoms with van der Waals surface area (Å²) in [5.74, 6) is 0. The normalized spacial score (nSPS) is 17.2. The highest BCUT2D eigenvalue weighted by Crippen LogP contribution is 2.13. The second-order valence-electron chi connectivity index (χ2n) is 4.43. The largest absolute Gasteiger partial charge is 0.328 e. The summed E-state index contributed by atoms with van der Waals surface area (Å²) in [5, 5.41) is 8.82. The number of halogens is 1. The van der Waals surface area contributed by atoms with Gasteiger partial charge in [0.15, 0.2) is 0 Å². The molecule has 1 heterocycles. The van der Waals surface area contributed by atoms with Crippen molar-refractivity contribution >= 4 is 12.4 Å². The highest BCUT2D eigenvalue weighted by molar-refractivity contribution is 5.85. The van der Waals surface area contributed by atoms with Gasteiger partial charge < -0.3 is 5.73 Å². The molecule has 1 aliphatic rings. The van der Waals surface area contributed by atoms with Crippen molar-refractivity contribution in [1.82, 2.24) is 4.90 Å². The molecule has 3 nitrogen and oxygen atoms in total. The third-order valence-corrected chi connectivity index (χ3v) is 3.09. The van der Waals surface area contributed by atoms with Gasteiger partial charge in [-0.1, -0.05) is 12.1 Å². The Kier molecular flexibility index (Phi) is 5.43. The van der Waals surface area contributed by atoms with Gasteiger partial charge in [-0.05, 0) is 43.6 Å². The van der Waals surface area contributed by atoms with E-state index in [1.54, 1.807) is 0 Å². The average Bonchev–Trinajstić information content (AvgIpc) is 2.32. The van der Waals surface area contributed by atoms with E-state index in [-0.39, 0.29) is 12.4 Å². The monoisotopic (exact) mass is 251 g/mol. The SMILES string of the molecule is Cl.N#Cc1cccc(CN2CCC(N)CC2)c1. The lowest BCUT2D eigenvalue weighted by Crippen LogP contribution is -2.39. The van der Waals surface area contributed by atoms with Gasteiger partial charge in [0.1, 0.15) is 0 Å². The molecule has 1 saturated heterocycles. The number of hydrogen-bond donors (Lipinski definition) is 1. The molecule has 0 aromatic heterocycles. The number of likely N-dealkylation sites (tertiary alicyclic amines) is 1. The molecule has 1 fully saturated rings. The second-order valence-corrected chi connectivity index (χ2v) is 4.43. The molecule has 2 rings (SSSR count). The number of nitrogens with two attached hydrogens (primary N) is 1. The Bertz CT molecular complexity index is 392. The number of nitriles is 1. The molecule has 1 aliphatic heterocycles. The molecule has 1 aromatic rings. The zero-order chi connectivity index (χ0) is 11.4. The third kappa shape index (κ3) is 4.01. The van der Waals surface area contributed by atoms with Crippen molar-refractivity contribution < 1.29 is 0 Å². The minimum Gasteiger partial charge on any atom is -0.328 e. The lowest BCUT2D eigenvalue weighted by Gasteiger charge is -2.30. The highest BCUT2D eigenvalue weighted by Gasteiger charge is 2.15. The van der Waals surface area contributed by atoms with E-state index in [9.17, 15) is 0 Å². The number of rotatable bonds is 2. The summed E-state index contributed by atoms with van der Waals surface area (Å²) < 4.78 is 0. The van der Waals surface area contributed by atoms with Crippen molar-refractivity contribution in [2.24, 2.45) is 5.73 Å². The zero-order valence-corrected chi connectivity index (χ0v) is 10.6. The molecular formula is C13H18ClN3. The molecule has 0 unspecified atom stereocenters. The van der Waals surface area contributed by atoms with E-state index in [4.69, 9.17) is 11.0 Å². The van der Waals surface area contributed by atoms with Gasteiger partial charge in [-0.2, -0.15) is 5.26 Å². The molecule has 2 N–H and O–H groups in total. The van der Waals surface area contributed by atoms with Crippen LogP contribution in [0.5, 0.6) is 0 Å². The smallest absolute Gasteiger partial charge is 0.0991 e. The number of nitrogens with zero attached hydrogens (tertiary/aromatic N) is 2. The summed E-state index contributed by atoms with van der Waals surface area (Å²) >= 11 is 0. The second kappa shape index (κ2) is 6.61. The predicted octanol–water partition coefficient (Wildman–Crippen LogP) is 1.90. The van der Waals surface area contributed by atoms with E-state index in [0.717, 1.165) is 38.0 Å². The van der Waals surface area contributed by atoms with Crippen molar-refractivity contribution in [2.75, 3.05) is 13.1 Å². The first kappa shape index (κ1) is 14.0. The van der Waals surface area contributed by atoms with Crippen LogP contribution in [0.2, 0.25) is 0 Å². The summed E-state index contributed by atoms with van der Waals surface area (Å²) in [7, 11) is 0. The van der Waals surface area contributed by atoms with Gasteiger partial charge in [0.05, 0.1) is 11.6 Å². The maximum Gasteiger partial charge on any atom is 0.0991 e. The van der Waals surface area contributed by atoms with Gasteiger partial charge in [-0.3, -0.25) is 4.90 Å². The van der Waals surface area contributed by atoms with Crippen LogP contribution in [0.15, 0.2) is 24.3 Å². The van der Waals surface area contributed by atoms with Crippen LogP contribution in [0.3, 0.4) is 0 Å². The molecular weight excluding hydrogens is 234 g/mol. The van der Waals surface area contributed by atoms with Gasteiger partial charge in [0, 0.05) is 12.6 Å².